The fourth-order valence-electron chi connectivity index (χ4n) is 1.98. The van der Waals surface area contributed by atoms with Crippen LogP contribution in [0, 0.1) is 6.92 Å². The summed E-state index contributed by atoms with van der Waals surface area (Å²) >= 11 is 0. The second-order valence-corrected chi connectivity index (χ2v) is 4.10. The van der Waals surface area contributed by atoms with Crippen LogP contribution in [0.15, 0.2) is 48.7 Å². The van der Waals surface area contributed by atoms with Gasteiger partial charge in [-0.3, -0.25) is 0 Å². The minimum absolute atomic E-state index is 0.281. The third-order valence-corrected chi connectivity index (χ3v) is 2.84. The van der Waals surface area contributed by atoms with Gasteiger partial charge in [-0.2, -0.15) is 5.10 Å². The van der Waals surface area contributed by atoms with Gasteiger partial charge in [0.15, 0.2) is 0 Å². The Labute approximate surface area is 98.9 Å². The highest BCUT2D eigenvalue weighted by Gasteiger charge is 2.05. The van der Waals surface area contributed by atoms with Crippen LogP contribution in [0.4, 0.5) is 0 Å². The van der Waals surface area contributed by atoms with Crippen molar-refractivity contribution in [2.24, 2.45) is 0 Å². The van der Waals surface area contributed by atoms with Gasteiger partial charge in [0.25, 0.3) is 0 Å². The molecule has 0 amide bonds. The lowest BCUT2D eigenvalue weighted by atomic mass is 10.2. The van der Waals surface area contributed by atoms with Gasteiger partial charge < -0.3 is 5.11 Å². The summed E-state index contributed by atoms with van der Waals surface area (Å²) in [7, 11) is 0. The van der Waals surface area contributed by atoms with Crippen molar-refractivity contribution in [2.75, 3.05) is 0 Å². The average molecular weight is 224 g/mol. The summed E-state index contributed by atoms with van der Waals surface area (Å²) in [4.78, 5) is 0. The maximum atomic E-state index is 9.39. The second kappa shape index (κ2) is 3.63. The van der Waals surface area contributed by atoms with E-state index in [1.54, 1.807) is 12.1 Å². The Hall–Kier alpha value is -2.29. The third kappa shape index (κ3) is 1.65. The third-order valence-electron chi connectivity index (χ3n) is 2.84. The largest absolute Gasteiger partial charge is 0.508 e. The first-order chi connectivity index (χ1) is 8.24. The summed E-state index contributed by atoms with van der Waals surface area (Å²) in [5.41, 5.74) is 2.96. The van der Waals surface area contributed by atoms with Crippen LogP contribution < -0.4 is 0 Å². The number of phenols is 1. The maximum Gasteiger partial charge on any atom is 0.115 e. The first-order valence-electron chi connectivity index (χ1n) is 5.48. The highest BCUT2D eigenvalue weighted by molar-refractivity contribution is 5.78. The van der Waals surface area contributed by atoms with Gasteiger partial charge in [0.05, 0.1) is 11.2 Å². The van der Waals surface area contributed by atoms with Crippen molar-refractivity contribution in [3.63, 3.8) is 0 Å². The van der Waals surface area contributed by atoms with Crippen molar-refractivity contribution in [3.8, 4) is 11.4 Å². The number of hydrogen-bond donors (Lipinski definition) is 1. The molecule has 0 fully saturated rings. The van der Waals surface area contributed by atoms with Gasteiger partial charge >= 0.3 is 0 Å². The molecule has 3 aromatic rings. The molecule has 0 saturated carbocycles. The van der Waals surface area contributed by atoms with E-state index >= 15 is 0 Å². The van der Waals surface area contributed by atoms with Crippen LogP contribution >= 0.6 is 0 Å². The molecule has 3 nitrogen and oxygen atoms in total. The summed E-state index contributed by atoms with van der Waals surface area (Å²) in [6.45, 7) is 1.96. The highest BCUT2D eigenvalue weighted by Crippen LogP contribution is 2.21. The number of aromatic hydroxyl groups is 1. The summed E-state index contributed by atoms with van der Waals surface area (Å²) < 4.78 is 1.85. The first kappa shape index (κ1) is 9.90. The number of nitrogens with zero attached hydrogens (tertiary/aromatic N) is 2. The Morgan fingerprint density at radius 3 is 2.71 bits per heavy atom. The molecule has 0 unspecified atom stereocenters. The van der Waals surface area contributed by atoms with E-state index in [1.807, 2.05) is 48.1 Å². The number of phenolic OH excluding ortho intramolecular Hbond substituents is 1. The van der Waals surface area contributed by atoms with Crippen molar-refractivity contribution >= 4 is 10.9 Å². The van der Waals surface area contributed by atoms with E-state index in [0.717, 1.165) is 22.2 Å². The minimum Gasteiger partial charge on any atom is -0.508 e. The fraction of sp³-hybridized carbons (Fsp3) is 0.0714. The zero-order valence-corrected chi connectivity index (χ0v) is 9.46. The van der Waals surface area contributed by atoms with Crippen LogP contribution in [0.25, 0.3) is 16.6 Å². The summed E-state index contributed by atoms with van der Waals surface area (Å²) in [6.07, 6.45) is 1.99. The molecule has 0 radical (unpaired) electrons. The summed E-state index contributed by atoms with van der Waals surface area (Å²) in [6, 6.07) is 13.3. The van der Waals surface area contributed by atoms with Crippen molar-refractivity contribution in [2.45, 2.75) is 6.92 Å². The predicted molar refractivity (Wildman–Crippen MR) is 67.5 cm³/mol. The molecule has 3 rings (SSSR count). The molecule has 0 aliphatic heterocycles. The molecular weight excluding hydrogens is 212 g/mol. The van der Waals surface area contributed by atoms with E-state index < -0.39 is 0 Å². The maximum absolute atomic E-state index is 9.39. The predicted octanol–water partition coefficient (Wildman–Crippen LogP) is 3.04. The van der Waals surface area contributed by atoms with Crippen LogP contribution in [-0.2, 0) is 0 Å². The molecule has 0 aliphatic rings. The SMILES string of the molecule is Cc1cc(O)ccc1-n1cc2ccccc2n1. The van der Waals surface area contributed by atoms with Gasteiger partial charge in [0.1, 0.15) is 5.75 Å². The molecule has 0 spiro atoms. The average Bonchev–Trinajstić information content (AvgIpc) is 2.72. The lowest BCUT2D eigenvalue weighted by Crippen LogP contribution is -1.96. The number of aryl methyl sites for hydroxylation is 1. The van der Waals surface area contributed by atoms with E-state index in [0.29, 0.717) is 0 Å². The van der Waals surface area contributed by atoms with Gasteiger partial charge in [-0.25, -0.2) is 4.68 Å². The summed E-state index contributed by atoms with van der Waals surface area (Å²) in [5.74, 6) is 0.281. The smallest absolute Gasteiger partial charge is 0.115 e. The Bertz CT molecular complexity index is 653. The van der Waals surface area contributed by atoms with Crippen molar-refractivity contribution < 1.29 is 5.11 Å². The molecule has 0 atom stereocenters. The van der Waals surface area contributed by atoms with Crippen molar-refractivity contribution in [1.82, 2.24) is 9.78 Å². The molecule has 0 saturated heterocycles. The second-order valence-electron chi connectivity index (χ2n) is 4.10. The van der Waals surface area contributed by atoms with E-state index in [1.165, 1.54) is 0 Å². The van der Waals surface area contributed by atoms with Gasteiger partial charge in [-0.15, -0.1) is 0 Å². The molecule has 0 bridgehead atoms. The Balaban J connectivity index is 2.20. The number of fused-ring (bicyclic) bond motifs is 1. The van der Waals surface area contributed by atoms with Gasteiger partial charge in [-0.05, 0) is 36.8 Å². The standard InChI is InChI=1S/C14H12N2O/c1-10-8-12(17)6-7-14(10)16-9-11-4-2-3-5-13(11)15-16/h2-9,17H,1H3. The molecule has 0 aliphatic carbocycles. The molecule has 84 valence electrons. The van der Waals surface area contributed by atoms with Gasteiger partial charge in [0.2, 0.25) is 0 Å². The molecule has 1 N–H and O–H groups in total. The van der Waals surface area contributed by atoms with Crippen molar-refractivity contribution in [1.29, 1.82) is 0 Å². The summed E-state index contributed by atoms with van der Waals surface area (Å²) in [5, 5.41) is 15.0. The lowest BCUT2D eigenvalue weighted by molar-refractivity contribution is 0.474. The molecule has 1 heterocycles. The van der Waals surface area contributed by atoms with E-state index in [-0.39, 0.29) is 5.75 Å². The Morgan fingerprint density at radius 2 is 1.94 bits per heavy atom. The highest BCUT2D eigenvalue weighted by atomic mass is 16.3. The topological polar surface area (TPSA) is 38.0 Å². The zero-order valence-electron chi connectivity index (χ0n) is 9.46. The molecular formula is C14H12N2O. The minimum atomic E-state index is 0.281. The number of aromatic nitrogens is 2. The number of rotatable bonds is 1. The Morgan fingerprint density at radius 1 is 1.12 bits per heavy atom. The Kier molecular flexibility index (Phi) is 2.11. The van der Waals surface area contributed by atoms with Crippen LogP contribution in [0.5, 0.6) is 5.75 Å². The van der Waals surface area contributed by atoms with E-state index in [9.17, 15) is 5.11 Å². The molecule has 17 heavy (non-hydrogen) atoms. The first-order valence-corrected chi connectivity index (χ1v) is 5.48. The van der Waals surface area contributed by atoms with Gasteiger partial charge in [0, 0.05) is 11.6 Å². The van der Waals surface area contributed by atoms with Crippen LogP contribution in [0.1, 0.15) is 5.56 Å². The van der Waals surface area contributed by atoms with E-state index in [4.69, 9.17) is 0 Å². The number of hydrogen-bond acceptors (Lipinski definition) is 2. The lowest BCUT2D eigenvalue weighted by Gasteiger charge is -2.05. The molecule has 2 aromatic carbocycles. The fourth-order valence-corrected chi connectivity index (χ4v) is 1.98. The van der Waals surface area contributed by atoms with Crippen LogP contribution in [0.3, 0.4) is 0 Å². The normalized spacial score (nSPS) is 10.9. The van der Waals surface area contributed by atoms with Gasteiger partial charge in [-0.1, -0.05) is 18.2 Å². The number of benzene rings is 2. The van der Waals surface area contributed by atoms with E-state index in [2.05, 4.69) is 5.10 Å². The quantitative estimate of drug-likeness (QED) is 0.690. The monoisotopic (exact) mass is 224 g/mol. The zero-order chi connectivity index (χ0) is 11.8. The van der Waals surface area contributed by atoms with Crippen molar-refractivity contribution in [3.05, 3.63) is 54.2 Å². The molecule has 3 heteroatoms. The molecule has 1 aromatic heterocycles. The van der Waals surface area contributed by atoms with Crippen LogP contribution in [0.2, 0.25) is 0 Å². The van der Waals surface area contributed by atoms with Crippen LogP contribution in [-0.4, -0.2) is 14.9 Å².